The van der Waals surface area contributed by atoms with E-state index in [2.05, 4.69) is 37.6 Å². The first-order chi connectivity index (χ1) is 7.34. The van der Waals surface area contributed by atoms with Gasteiger partial charge in [0.05, 0.1) is 0 Å². The molecule has 1 atom stereocenters. The maximum Gasteiger partial charge on any atom is 0.106 e. The molecule has 0 saturated carbocycles. The summed E-state index contributed by atoms with van der Waals surface area (Å²) >= 11 is 3.33. The summed E-state index contributed by atoms with van der Waals surface area (Å²) in [6.45, 7) is 3.16. The monoisotopic (exact) mass is 269 g/mol. The van der Waals surface area contributed by atoms with Gasteiger partial charge in [-0.1, -0.05) is 6.07 Å². The van der Waals surface area contributed by atoms with Crippen LogP contribution < -0.4 is 10.6 Å². The van der Waals surface area contributed by atoms with E-state index in [1.807, 2.05) is 12.3 Å². The van der Waals surface area contributed by atoms with Gasteiger partial charge in [0, 0.05) is 25.3 Å². The Morgan fingerprint density at radius 3 is 3.13 bits per heavy atom. The van der Waals surface area contributed by atoms with Crippen LogP contribution in [0.4, 0.5) is 0 Å². The summed E-state index contributed by atoms with van der Waals surface area (Å²) in [5, 5.41) is 6.93. The molecule has 1 unspecified atom stereocenters. The van der Waals surface area contributed by atoms with E-state index in [1.54, 1.807) is 0 Å². The Kier molecular flexibility index (Phi) is 4.11. The summed E-state index contributed by atoms with van der Waals surface area (Å²) in [7, 11) is 0. The first-order valence-corrected chi connectivity index (χ1v) is 6.18. The van der Waals surface area contributed by atoms with E-state index in [0.29, 0.717) is 6.04 Å². The number of hydrogen-bond donors (Lipinski definition) is 2. The van der Waals surface area contributed by atoms with Crippen molar-refractivity contribution in [3.63, 3.8) is 0 Å². The lowest BCUT2D eigenvalue weighted by Crippen LogP contribution is -2.42. The molecule has 2 rings (SSSR count). The average Bonchev–Trinajstić information content (AvgIpc) is 2.30. The van der Waals surface area contributed by atoms with Crippen LogP contribution in [0.5, 0.6) is 0 Å². The van der Waals surface area contributed by atoms with Crippen LogP contribution in [0.25, 0.3) is 0 Å². The van der Waals surface area contributed by atoms with Crippen LogP contribution in [0.2, 0.25) is 0 Å². The van der Waals surface area contributed by atoms with Crippen molar-refractivity contribution in [1.82, 2.24) is 15.6 Å². The highest BCUT2D eigenvalue weighted by molar-refractivity contribution is 9.10. The minimum absolute atomic E-state index is 0.613. The average molecular weight is 270 g/mol. The first-order valence-electron chi connectivity index (χ1n) is 5.39. The number of pyridine rings is 1. The highest BCUT2D eigenvalue weighted by Crippen LogP contribution is 2.07. The predicted octanol–water partition coefficient (Wildman–Crippen LogP) is 1.69. The largest absolute Gasteiger partial charge is 0.315 e. The van der Waals surface area contributed by atoms with Gasteiger partial charge in [0.2, 0.25) is 0 Å². The van der Waals surface area contributed by atoms with Gasteiger partial charge in [-0.3, -0.25) is 0 Å². The van der Waals surface area contributed by atoms with Crippen molar-refractivity contribution in [2.45, 2.75) is 25.4 Å². The molecule has 0 spiro atoms. The molecule has 0 aromatic carbocycles. The van der Waals surface area contributed by atoms with Crippen molar-refractivity contribution in [2.75, 3.05) is 13.1 Å². The molecule has 1 aliphatic rings. The highest BCUT2D eigenvalue weighted by Gasteiger charge is 2.11. The van der Waals surface area contributed by atoms with Gasteiger partial charge in [0.25, 0.3) is 0 Å². The summed E-state index contributed by atoms with van der Waals surface area (Å²) in [5.41, 5.74) is 1.24. The topological polar surface area (TPSA) is 37.0 Å². The van der Waals surface area contributed by atoms with Crippen molar-refractivity contribution >= 4 is 15.9 Å². The number of rotatable bonds is 3. The lowest BCUT2D eigenvalue weighted by molar-refractivity contribution is 0.389. The Hall–Kier alpha value is -0.450. The van der Waals surface area contributed by atoms with Gasteiger partial charge in [-0.2, -0.15) is 0 Å². The van der Waals surface area contributed by atoms with Gasteiger partial charge < -0.3 is 10.6 Å². The highest BCUT2D eigenvalue weighted by atomic mass is 79.9. The fourth-order valence-electron chi connectivity index (χ4n) is 1.80. The third-order valence-electron chi connectivity index (χ3n) is 2.68. The fraction of sp³-hybridized carbons (Fsp3) is 0.545. The van der Waals surface area contributed by atoms with Crippen molar-refractivity contribution < 1.29 is 0 Å². The molecule has 82 valence electrons. The summed E-state index contributed by atoms with van der Waals surface area (Å²) in [4.78, 5) is 4.20. The minimum Gasteiger partial charge on any atom is -0.315 e. The Balaban J connectivity index is 1.79. The van der Waals surface area contributed by atoms with E-state index in [4.69, 9.17) is 0 Å². The smallest absolute Gasteiger partial charge is 0.106 e. The van der Waals surface area contributed by atoms with Crippen LogP contribution in [0.3, 0.4) is 0 Å². The Labute approximate surface area is 98.8 Å². The SMILES string of the molecule is Brc1ccc(CNC2CCCNC2)cn1. The molecule has 2 N–H and O–H groups in total. The lowest BCUT2D eigenvalue weighted by atomic mass is 10.1. The summed E-state index contributed by atoms with van der Waals surface area (Å²) in [5.74, 6) is 0. The molecular formula is C11H16BrN3. The number of aromatic nitrogens is 1. The Bertz CT molecular complexity index is 293. The zero-order chi connectivity index (χ0) is 10.5. The first kappa shape index (κ1) is 11.0. The third-order valence-corrected chi connectivity index (χ3v) is 3.15. The van der Waals surface area contributed by atoms with Crippen LogP contribution in [-0.4, -0.2) is 24.1 Å². The molecule has 15 heavy (non-hydrogen) atoms. The molecule has 2 heterocycles. The zero-order valence-corrected chi connectivity index (χ0v) is 10.3. The van der Waals surface area contributed by atoms with E-state index in [1.165, 1.54) is 18.4 Å². The van der Waals surface area contributed by atoms with Gasteiger partial charge in [-0.05, 0) is 46.9 Å². The van der Waals surface area contributed by atoms with Crippen LogP contribution in [0, 0.1) is 0 Å². The van der Waals surface area contributed by atoms with E-state index < -0.39 is 0 Å². The molecule has 4 heteroatoms. The fourth-order valence-corrected chi connectivity index (χ4v) is 2.03. The number of hydrogen-bond acceptors (Lipinski definition) is 3. The molecule has 1 aromatic rings. The van der Waals surface area contributed by atoms with E-state index in [-0.39, 0.29) is 0 Å². The second kappa shape index (κ2) is 5.58. The van der Waals surface area contributed by atoms with Gasteiger partial charge in [0.15, 0.2) is 0 Å². The number of nitrogens with zero attached hydrogens (tertiary/aromatic N) is 1. The van der Waals surface area contributed by atoms with E-state index in [9.17, 15) is 0 Å². The number of nitrogens with one attached hydrogen (secondary N) is 2. The molecule has 0 amide bonds. The molecular weight excluding hydrogens is 254 g/mol. The normalized spacial score (nSPS) is 21.5. The predicted molar refractivity (Wildman–Crippen MR) is 64.7 cm³/mol. The quantitative estimate of drug-likeness (QED) is 0.821. The zero-order valence-electron chi connectivity index (χ0n) is 8.67. The molecule has 1 aromatic heterocycles. The van der Waals surface area contributed by atoms with Crippen LogP contribution in [0.15, 0.2) is 22.9 Å². The van der Waals surface area contributed by atoms with E-state index >= 15 is 0 Å². The molecule has 0 radical (unpaired) electrons. The van der Waals surface area contributed by atoms with Crippen LogP contribution >= 0.6 is 15.9 Å². The van der Waals surface area contributed by atoms with Gasteiger partial charge in [-0.15, -0.1) is 0 Å². The van der Waals surface area contributed by atoms with Crippen molar-refractivity contribution in [3.05, 3.63) is 28.5 Å². The summed E-state index contributed by atoms with van der Waals surface area (Å²) < 4.78 is 0.894. The number of halogens is 1. The van der Waals surface area contributed by atoms with Gasteiger partial charge >= 0.3 is 0 Å². The second-order valence-electron chi connectivity index (χ2n) is 3.91. The Morgan fingerprint density at radius 1 is 1.53 bits per heavy atom. The van der Waals surface area contributed by atoms with E-state index in [0.717, 1.165) is 24.2 Å². The summed E-state index contributed by atoms with van der Waals surface area (Å²) in [6, 6.07) is 4.69. The third kappa shape index (κ3) is 3.55. The lowest BCUT2D eigenvalue weighted by Gasteiger charge is -2.23. The summed E-state index contributed by atoms with van der Waals surface area (Å²) in [6.07, 6.45) is 4.46. The second-order valence-corrected chi connectivity index (χ2v) is 4.73. The van der Waals surface area contributed by atoms with Crippen molar-refractivity contribution in [2.24, 2.45) is 0 Å². The van der Waals surface area contributed by atoms with Crippen LogP contribution in [0.1, 0.15) is 18.4 Å². The molecule has 1 aliphatic heterocycles. The maximum atomic E-state index is 4.20. The molecule has 0 aliphatic carbocycles. The molecule has 3 nitrogen and oxygen atoms in total. The minimum atomic E-state index is 0.613. The standard InChI is InChI=1S/C11H16BrN3/c12-11-4-3-9(7-15-11)6-14-10-2-1-5-13-8-10/h3-4,7,10,13-14H,1-2,5-6,8H2. The Morgan fingerprint density at radius 2 is 2.47 bits per heavy atom. The van der Waals surface area contributed by atoms with Gasteiger partial charge in [-0.25, -0.2) is 4.98 Å². The van der Waals surface area contributed by atoms with Crippen molar-refractivity contribution in [3.8, 4) is 0 Å². The molecule has 1 fully saturated rings. The van der Waals surface area contributed by atoms with Gasteiger partial charge in [0.1, 0.15) is 4.60 Å². The number of piperidine rings is 1. The van der Waals surface area contributed by atoms with Crippen molar-refractivity contribution in [1.29, 1.82) is 0 Å². The van der Waals surface area contributed by atoms with Crippen LogP contribution in [-0.2, 0) is 6.54 Å². The molecule has 0 bridgehead atoms. The maximum absolute atomic E-state index is 4.20. The molecule has 1 saturated heterocycles.